The quantitative estimate of drug-likeness (QED) is 0.445. The zero-order valence-electron chi connectivity index (χ0n) is 15.2. The van der Waals surface area contributed by atoms with E-state index < -0.39 is 17.1 Å². The van der Waals surface area contributed by atoms with Gasteiger partial charge in [-0.25, -0.2) is 8.78 Å². The molecule has 0 aliphatic rings. The fourth-order valence-corrected chi connectivity index (χ4v) is 3.53. The molecule has 6 heteroatoms. The Balaban J connectivity index is 1.96. The molecule has 1 N–H and O–H groups in total. The van der Waals surface area contributed by atoms with Crippen LogP contribution in [-0.4, -0.2) is 4.98 Å². The molecule has 0 saturated carbocycles. The molecule has 4 aromatic rings. The lowest BCUT2D eigenvalue weighted by Crippen LogP contribution is -2.08. The average Bonchev–Trinajstić information content (AvgIpc) is 2.69. The number of fused-ring (bicyclic) bond motifs is 1. The Kier molecular flexibility index (Phi) is 4.65. The van der Waals surface area contributed by atoms with Crippen molar-refractivity contribution in [1.82, 2.24) is 4.98 Å². The van der Waals surface area contributed by atoms with E-state index in [1.54, 1.807) is 12.1 Å². The lowest BCUT2D eigenvalue weighted by Gasteiger charge is -2.11. The second-order valence-electron chi connectivity index (χ2n) is 6.69. The number of hydrogen-bond acceptors (Lipinski definition) is 2. The summed E-state index contributed by atoms with van der Waals surface area (Å²) in [6.07, 6.45) is 0. The maximum Gasteiger partial charge on any atom is 0.193 e. The molecule has 1 heterocycles. The maximum atomic E-state index is 15.2. The molecule has 0 atom stereocenters. The number of aromatic nitrogens is 1. The van der Waals surface area contributed by atoms with Crippen molar-refractivity contribution in [2.75, 3.05) is 0 Å². The summed E-state index contributed by atoms with van der Waals surface area (Å²) in [5.74, 6) is -1.77. The van der Waals surface area contributed by atoms with E-state index in [0.717, 1.165) is 11.6 Å². The molecule has 0 unspecified atom stereocenters. The largest absolute Gasteiger partial charge is 0.354 e. The third-order valence-corrected chi connectivity index (χ3v) is 5.05. The predicted octanol–water partition coefficient (Wildman–Crippen LogP) is 5.97. The van der Waals surface area contributed by atoms with Gasteiger partial charge in [-0.1, -0.05) is 35.4 Å². The van der Waals surface area contributed by atoms with Gasteiger partial charge in [0.25, 0.3) is 0 Å². The Morgan fingerprint density at radius 3 is 2.45 bits per heavy atom. The maximum absolute atomic E-state index is 15.2. The second-order valence-corrected chi connectivity index (χ2v) is 7.10. The van der Waals surface area contributed by atoms with Crippen LogP contribution in [-0.2, 0) is 0 Å². The van der Waals surface area contributed by atoms with E-state index in [-0.39, 0.29) is 22.0 Å². The van der Waals surface area contributed by atoms with Crippen molar-refractivity contribution in [2.24, 2.45) is 0 Å². The molecule has 0 amide bonds. The van der Waals surface area contributed by atoms with Crippen LogP contribution in [0.25, 0.3) is 33.3 Å². The molecule has 3 nitrogen and oxygen atoms in total. The number of H-pyrrole nitrogens is 1. The predicted molar refractivity (Wildman–Crippen MR) is 110 cm³/mol. The molecule has 0 bridgehead atoms. The first-order chi connectivity index (χ1) is 13.9. The van der Waals surface area contributed by atoms with E-state index in [1.165, 1.54) is 30.3 Å². The molecule has 0 saturated heterocycles. The van der Waals surface area contributed by atoms with Gasteiger partial charge in [-0.3, -0.25) is 4.79 Å². The van der Waals surface area contributed by atoms with Crippen LogP contribution in [0.1, 0.15) is 11.1 Å². The van der Waals surface area contributed by atoms with Gasteiger partial charge in [0.05, 0.1) is 33.8 Å². The lowest BCUT2D eigenvalue weighted by atomic mass is 9.99. The minimum Gasteiger partial charge on any atom is -0.354 e. The third kappa shape index (κ3) is 3.28. The first-order valence-electron chi connectivity index (χ1n) is 8.71. The highest BCUT2D eigenvalue weighted by Gasteiger charge is 2.19. The third-order valence-electron chi connectivity index (χ3n) is 4.72. The number of benzene rings is 3. The monoisotopic (exact) mass is 406 g/mol. The SMILES string of the molecule is Cc1ccc(Cl)c(-c2cc(=O)c3c(F)c(-c4ccc(C#N)cc4)c(F)cc3[nH]2)c1. The van der Waals surface area contributed by atoms with Crippen molar-refractivity contribution < 1.29 is 8.78 Å². The normalized spacial score (nSPS) is 10.9. The number of hydrogen-bond donors (Lipinski definition) is 1. The molecule has 0 aliphatic carbocycles. The van der Waals surface area contributed by atoms with Crippen LogP contribution in [0.4, 0.5) is 8.78 Å². The summed E-state index contributed by atoms with van der Waals surface area (Å²) >= 11 is 6.23. The Morgan fingerprint density at radius 2 is 1.76 bits per heavy atom. The van der Waals surface area contributed by atoms with Crippen LogP contribution in [0.5, 0.6) is 0 Å². The smallest absolute Gasteiger partial charge is 0.193 e. The fourth-order valence-electron chi connectivity index (χ4n) is 3.31. The van der Waals surface area contributed by atoms with Gasteiger partial charge in [-0.15, -0.1) is 0 Å². The van der Waals surface area contributed by atoms with Crippen molar-refractivity contribution in [1.29, 1.82) is 5.26 Å². The summed E-state index contributed by atoms with van der Waals surface area (Å²) in [6.45, 7) is 1.88. The number of aryl methyl sites for hydroxylation is 1. The van der Waals surface area contributed by atoms with E-state index in [0.29, 0.717) is 21.8 Å². The van der Waals surface area contributed by atoms with Gasteiger partial charge in [0, 0.05) is 16.7 Å². The molecule has 3 aromatic carbocycles. The van der Waals surface area contributed by atoms with E-state index in [9.17, 15) is 9.18 Å². The number of aromatic amines is 1. The number of nitrogens with zero attached hydrogens (tertiary/aromatic N) is 1. The molecule has 142 valence electrons. The van der Waals surface area contributed by atoms with E-state index >= 15 is 4.39 Å². The van der Waals surface area contributed by atoms with E-state index in [2.05, 4.69) is 4.98 Å². The Hall–Kier alpha value is -3.49. The molecule has 0 fully saturated rings. The Bertz CT molecular complexity index is 1370. The number of rotatable bonds is 2. The van der Waals surface area contributed by atoms with Gasteiger partial charge >= 0.3 is 0 Å². The molecule has 29 heavy (non-hydrogen) atoms. The average molecular weight is 407 g/mol. The van der Waals surface area contributed by atoms with Gasteiger partial charge in [0.1, 0.15) is 11.6 Å². The summed E-state index contributed by atoms with van der Waals surface area (Å²) in [5, 5.41) is 9.07. The fraction of sp³-hybridized carbons (Fsp3) is 0.0435. The minimum absolute atomic E-state index is 0.0393. The summed E-state index contributed by atoms with van der Waals surface area (Å²) in [6, 6.07) is 15.4. The highest BCUT2D eigenvalue weighted by molar-refractivity contribution is 6.33. The van der Waals surface area contributed by atoms with Gasteiger partial charge < -0.3 is 4.98 Å². The molecule has 4 rings (SSSR count). The summed E-state index contributed by atoms with van der Waals surface area (Å²) in [5.41, 5.74) is 1.63. The standard InChI is InChI=1S/C23H13ClF2N2O/c1-12-2-7-16(24)15(8-12)18-10-20(29)22-19(28-18)9-17(25)21(23(22)26)14-5-3-13(11-27)4-6-14/h2-10H,1H3,(H,28,29). The highest BCUT2D eigenvalue weighted by atomic mass is 35.5. The minimum atomic E-state index is -0.951. The van der Waals surface area contributed by atoms with Crippen LogP contribution in [0.3, 0.4) is 0 Å². The number of halogens is 3. The van der Waals surface area contributed by atoms with Crippen molar-refractivity contribution in [3.05, 3.63) is 92.6 Å². The second kappa shape index (κ2) is 7.16. The Labute approximate surface area is 169 Å². The van der Waals surface area contributed by atoms with Crippen LogP contribution >= 0.6 is 11.6 Å². The molecular formula is C23H13ClF2N2O. The molecule has 0 spiro atoms. The van der Waals surface area contributed by atoms with Crippen LogP contribution in [0.2, 0.25) is 5.02 Å². The van der Waals surface area contributed by atoms with Crippen LogP contribution < -0.4 is 5.43 Å². The van der Waals surface area contributed by atoms with Crippen molar-refractivity contribution >= 4 is 22.5 Å². The van der Waals surface area contributed by atoms with Gasteiger partial charge in [0.2, 0.25) is 0 Å². The topological polar surface area (TPSA) is 56.6 Å². The van der Waals surface area contributed by atoms with Crippen molar-refractivity contribution in [2.45, 2.75) is 6.92 Å². The number of pyridine rings is 1. The van der Waals surface area contributed by atoms with Crippen LogP contribution in [0.15, 0.2) is 59.4 Å². The van der Waals surface area contributed by atoms with Crippen molar-refractivity contribution in [3.63, 3.8) is 0 Å². The van der Waals surface area contributed by atoms with E-state index in [4.69, 9.17) is 16.9 Å². The van der Waals surface area contributed by atoms with Crippen molar-refractivity contribution in [3.8, 4) is 28.5 Å². The number of nitrogens with one attached hydrogen (secondary N) is 1. The van der Waals surface area contributed by atoms with Gasteiger partial charge in [-0.05, 0) is 42.8 Å². The Morgan fingerprint density at radius 1 is 1.03 bits per heavy atom. The first-order valence-corrected chi connectivity index (χ1v) is 9.09. The number of nitriles is 1. The summed E-state index contributed by atoms with van der Waals surface area (Å²) < 4.78 is 30.0. The molecule has 1 aromatic heterocycles. The zero-order chi connectivity index (χ0) is 20.7. The van der Waals surface area contributed by atoms with Gasteiger partial charge in [-0.2, -0.15) is 5.26 Å². The molecule has 0 aliphatic heterocycles. The molecule has 0 radical (unpaired) electrons. The highest BCUT2D eigenvalue weighted by Crippen LogP contribution is 2.32. The van der Waals surface area contributed by atoms with E-state index in [1.807, 2.05) is 19.1 Å². The van der Waals surface area contributed by atoms with Crippen LogP contribution in [0, 0.1) is 29.9 Å². The molecular weight excluding hydrogens is 394 g/mol. The lowest BCUT2D eigenvalue weighted by molar-refractivity contribution is 0.597. The summed E-state index contributed by atoms with van der Waals surface area (Å²) in [4.78, 5) is 15.6. The zero-order valence-corrected chi connectivity index (χ0v) is 15.9. The summed E-state index contributed by atoms with van der Waals surface area (Å²) in [7, 11) is 0. The first kappa shape index (κ1) is 18.9. The van der Waals surface area contributed by atoms with Gasteiger partial charge in [0.15, 0.2) is 5.43 Å².